The standard InChI is InChI=1S/C10H22N6/c1-3-6-10(11-2)12-7-4-5-8-16-9-13-14-15-16/h9-12H,3-8H2,1-2H3. The molecule has 0 aliphatic heterocycles. The van der Waals surface area contributed by atoms with Crippen LogP contribution < -0.4 is 10.6 Å². The molecule has 0 saturated carbocycles. The Labute approximate surface area is 96.8 Å². The normalized spacial score (nSPS) is 12.9. The zero-order valence-electron chi connectivity index (χ0n) is 10.2. The molecule has 16 heavy (non-hydrogen) atoms. The van der Waals surface area contributed by atoms with Gasteiger partial charge in [-0.15, -0.1) is 5.10 Å². The van der Waals surface area contributed by atoms with Crippen LogP contribution in [-0.4, -0.2) is 40.0 Å². The van der Waals surface area contributed by atoms with Gasteiger partial charge < -0.3 is 10.6 Å². The molecule has 0 radical (unpaired) electrons. The second-order valence-electron chi connectivity index (χ2n) is 3.86. The minimum atomic E-state index is 0.443. The van der Waals surface area contributed by atoms with Crippen LogP contribution in [0.2, 0.25) is 0 Å². The highest BCUT2D eigenvalue weighted by molar-refractivity contribution is 4.61. The summed E-state index contributed by atoms with van der Waals surface area (Å²) in [7, 11) is 1.99. The molecule has 0 bridgehead atoms. The highest BCUT2D eigenvalue weighted by Crippen LogP contribution is 1.95. The van der Waals surface area contributed by atoms with Gasteiger partial charge in [0.25, 0.3) is 0 Å². The number of nitrogens with one attached hydrogen (secondary N) is 2. The molecule has 0 spiro atoms. The van der Waals surface area contributed by atoms with E-state index in [1.54, 1.807) is 11.0 Å². The Bertz CT molecular complexity index is 248. The number of hydrogen-bond acceptors (Lipinski definition) is 5. The van der Waals surface area contributed by atoms with Gasteiger partial charge in [0.1, 0.15) is 6.33 Å². The van der Waals surface area contributed by atoms with Gasteiger partial charge in [-0.3, -0.25) is 0 Å². The molecule has 6 heteroatoms. The maximum Gasteiger partial charge on any atom is 0.138 e. The smallest absolute Gasteiger partial charge is 0.138 e. The second kappa shape index (κ2) is 8.18. The predicted octanol–water partition coefficient (Wildman–Crippen LogP) is 0.389. The molecule has 0 amide bonds. The lowest BCUT2D eigenvalue weighted by molar-refractivity contribution is 0.412. The third kappa shape index (κ3) is 5.18. The summed E-state index contributed by atoms with van der Waals surface area (Å²) < 4.78 is 1.77. The van der Waals surface area contributed by atoms with Gasteiger partial charge in [-0.2, -0.15) is 0 Å². The van der Waals surface area contributed by atoms with Crippen LogP contribution in [0.3, 0.4) is 0 Å². The Morgan fingerprint density at radius 2 is 2.25 bits per heavy atom. The van der Waals surface area contributed by atoms with Crippen molar-refractivity contribution in [3.05, 3.63) is 6.33 Å². The van der Waals surface area contributed by atoms with Crippen LogP contribution in [0.1, 0.15) is 32.6 Å². The molecule has 1 heterocycles. The van der Waals surface area contributed by atoms with E-state index in [1.807, 2.05) is 7.05 Å². The third-order valence-electron chi connectivity index (χ3n) is 2.52. The number of nitrogens with zero attached hydrogens (tertiary/aromatic N) is 4. The predicted molar refractivity (Wildman–Crippen MR) is 62.8 cm³/mol. The maximum atomic E-state index is 3.82. The van der Waals surface area contributed by atoms with Crippen LogP contribution in [0.15, 0.2) is 6.33 Å². The van der Waals surface area contributed by atoms with Crippen molar-refractivity contribution in [1.82, 2.24) is 30.8 Å². The van der Waals surface area contributed by atoms with E-state index in [0.29, 0.717) is 6.17 Å². The Kier molecular flexibility index (Phi) is 6.67. The van der Waals surface area contributed by atoms with Crippen molar-refractivity contribution in [3.8, 4) is 0 Å². The molecule has 2 N–H and O–H groups in total. The van der Waals surface area contributed by atoms with Gasteiger partial charge in [0.2, 0.25) is 0 Å². The van der Waals surface area contributed by atoms with Crippen molar-refractivity contribution >= 4 is 0 Å². The number of hydrogen-bond donors (Lipinski definition) is 2. The van der Waals surface area contributed by atoms with E-state index in [0.717, 1.165) is 25.9 Å². The molecule has 0 saturated heterocycles. The number of rotatable bonds is 9. The molecule has 1 aromatic rings. The first-order valence-corrected chi connectivity index (χ1v) is 5.98. The van der Waals surface area contributed by atoms with Gasteiger partial charge in [0, 0.05) is 6.54 Å². The van der Waals surface area contributed by atoms with Crippen LogP contribution in [-0.2, 0) is 6.54 Å². The first-order chi connectivity index (χ1) is 7.86. The molecule has 6 nitrogen and oxygen atoms in total. The van der Waals surface area contributed by atoms with E-state index >= 15 is 0 Å². The average Bonchev–Trinajstić information content (AvgIpc) is 2.80. The number of aryl methyl sites for hydroxylation is 1. The minimum absolute atomic E-state index is 0.443. The van der Waals surface area contributed by atoms with Crippen LogP contribution >= 0.6 is 0 Å². The quantitative estimate of drug-likeness (QED) is 0.471. The largest absolute Gasteiger partial charge is 0.305 e. The zero-order chi connectivity index (χ0) is 11.6. The topological polar surface area (TPSA) is 67.7 Å². The Balaban J connectivity index is 1.98. The van der Waals surface area contributed by atoms with Gasteiger partial charge in [0.15, 0.2) is 0 Å². The van der Waals surface area contributed by atoms with Gasteiger partial charge in [0.05, 0.1) is 6.17 Å². The number of unbranched alkanes of at least 4 members (excludes halogenated alkanes) is 1. The van der Waals surface area contributed by atoms with Crippen LogP contribution in [0.4, 0.5) is 0 Å². The first kappa shape index (κ1) is 13.1. The van der Waals surface area contributed by atoms with E-state index in [-0.39, 0.29) is 0 Å². The monoisotopic (exact) mass is 226 g/mol. The summed E-state index contributed by atoms with van der Waals surface area (Å²) in [6.07, 6.45) is 6.70. The van der Waals surface area contributed by atoms with Crippen LogP contribution in [0.5, 0.6) is 0 Å². The average molecular weight is 226 g/mol. The lowest BCUT2D eigenvalue weighted by Crippen LogP contribution is -2.40. The Morgan fingerprint density at radius 1 is 1.38 bits per heavy atom. The highest BCUT2D eigenvalue weighted by Gasteiger charge is 2.01. The lowest BCUT2D eigenvalue weighted by Gasteiger charge is -2.16. The van der Waals surface area contributed by atoms with Gasteiger partial charge >= 0.3 is 0 Å². The van der Waals surface area contributed by atoms with Crippen molar-refractivity contribution in [1.29, 1.82) is 0 Å². The maximum absolute atomic E-state index is 3.82. The van der Waals surface area contributed by atoms with E-state index in [2.05, 4.69) is 33.1 Å². The van der Waals surface area contributed by atoms with Crippen molar-refractivity contribution in [2.24, 2.45) is 0 Å². The fraction of sp³-hybridized carbons (Fsp3) is 0.900. The van der Waals surface area contributed by atoms with E-state index in [4.69, 9.17) is 0 Å². The van der Waals surface area contributed by atoms with E-state index in [9.17, 15) is 0 Å². The van der Waals surface area contributed by atoms with E-state index < -0.39 is 0 Å². The number of tetrazole rings is 1. The summed E-state index contributed by atoms with van der Waals surface area (Å²) in [6, 6.07) is 0. The Hall–Kier alpha value is -1.01. The molecule has 0 aliphatic rings. The molecule has 1 rings (SSSR count). The number of aromatic nitrogens is 4. The molecule has 92 valence electrons. The molecule has 1 unspecified atom stereocenters. The SMILES string of the molecule is CCCC(NC)NCCCCn1cnnn1. The summed E-state index contributed by atoms with van der Waals surface area (Å²) in [5, 5.41) is 17.7. The molecule has 0 fully saturated rings. The molecular weight excluding hydrogens is 204 g/mol. The van der Waals surface area contributed by atoms with Crippen LogP contribution in [0, 0.1) is 0 Å². The minimum Gasteiger partial charge on any atom is -0.305 e. The van der Waals surface area contributed by atoms with Crippen LogP contribution in [0.25, 0.3) is 0 Å². The fourth-order valence-corrected chi connectivity index (χ4v) is 1.59. The van der Waals surface area contributed by atoms with Crippen molar-refractivity contribution in [2.75, 3.05) is 13.6 Å². The second-order valence-corrected chi connectivity index (χ2v) is 3.86. The van der Waals surface area contributed by atoms with Crippen molar-refractivity contribution < 1.29 is 0 Å². The van der Waals surface area contributed by atoms with Crippen molar-refractivity contribution in [2.45, 2.75) is 45.3 Å². The molecule has 0 aromatic carbocycles. The summed E-state index contributed by atoms with van der Waals surface area (Å²) in [5.74, 6) is 0. The first-order valence-electron chi connectivity index (χ1n) is 5.98. The molecule has 1 aromatic heterocycles. The fourth-order valence-electron chi connectivity index (χ4n) is 1.59. The summed E-state index contributed by atoms with van der Waals surface area (Å²) in [5.41, 5.74) is 0. The third-order valence-corrected chi connectivity index (χ3v) is 2.52. The summed E-state index contributed by atoms with van der Waals surface area (Å²) in [4.78, 5) is 0. The Morgan fingerprint density at radius 3 is 2.88 bits per heavy atom. The van der Waals surface area contributed by atoms with Gasteiger partial charge in [-0.25, -0.2) is 4.68 Å². The molecular formula is C10H22N6. The van der Waals surface area contributed by atoms with Crippen molar-refractivity contribution in [3.63, 3.8) is 0 Å². The highest BCUT2D eigenvalue weighted by atomic mass is 15.5. The van der Waals surface area contributed by atoms with E-state index in [1.165, 1.54) is 12.8 Å². The lowest BCUT2D eigenvalue weighted by atomic mass is 10.2. The van der Waals surface area contributed by atoms with Gasteiger partial charge in [-0.05, 0) is 43.3 Å². The molecule has 0 aliphatic carbocycles. The van der Waals surface area contributed by atoms with Gasteiger partial charge in [-0.1, -0.05) is 13.3 Å². The molecule has 1 atom stereocenters. The zero-order valence-corrected chi connectivity index (χ0v) is 10.2. The summed E-state index contributed by atoms with van der Waals surface area (Å²) in [6.45, 7) is 4.13. The summed E-state index contributed by atoms with van der Waals surface area (Å²) >= 11 is 0.